The number of hydrogen-bond acceptors (Lipinski definition) is 5. The Balaban J connectivity index is 2.53. The topological polar surface area (TPSA) is 124 Å². The molecular weight excluding hydrogens is 201 g/mol. The Morgan fingerprint density at radius 3 is 2.47 bits per heavy atom. The average molecular weight is 217 g/mol. The van der Waals surface area contributed by atoms with Gasteiger partial charge in [-0.25, -0.2) is 0 Å². The highest BCUT2D eigenvalue weighted by atomic mass is 16.4. The molecule has 0 radical (unpaired) electrons. The number of carboxylic acids is 1. The summed E-state index contributed by atoms with van der Waals surface area (Å²) < 4.78 is 0. The molecule has 15 heavy (non-hydrogen) atoms. The van der Waals surface area contributed by atoms with Crippen molar-refractivity contribution in [1.82, 2.24) is 0 Å². The molecule has 6 N–H and O–H groups in total. The van der Waals surface area contributed by atoms with E-state index in [1.807, 2.05) is 0 Å². The van der Waals surface area contributed by atoms with Gasteiger partial charge in [-0.3, -0.25) is 4.79 Å². The van der Waals surface area contributed by atoms with Gasteiger partial charge in [-0.2, -0.15) is 0 Å². The van der Waals surface area contributed by atoms with Gasteiger partial charge in [0.1, 0.15) is 5.54 Å². The highest BCUT2D eigenvalue weighted by Crippen LogP contribution is 2.36. The van der Waals surface area contributed by atoms with E-state index in [2.05, 4.69) is 0 Å². The Kier molecular flexibility index (Phi) is 3.72. The Labute approximate surface area is 87.9 Å². The number of nitrogens with two attached hydrogens (primary N) is 1. The molecule has 0 amide bonds. The van der Waals surface area contributed by atoms with Gasteiger partial charge in [-0.05, 0) is 25.1 Å². The molecule has 0 aliphatic heterocycles. The van der Waals surface area contributed by atoms with E-state index in [0.717, 1.165) is 0 Å². The minimum Gasteiger partial charge on any atom is -0.480 e. The lowest BCUT2D eigenvalue weighted by Crippen LogP contribution is -2.45. The number of aliphatic hydroxyl groups is 1. The van der Waals surface area contributed by atoms with Crippen LogP contribution in [0.4, 0.5) is 0 Å². The molecule has 1 saturated carbocycles. The summed E-state index contributed by atoms with van der Waals surface area (Å²) in [6.45, 7) is 0. The summed E-state index contributed by atoms with van der Waals surface area (Å²) in [6.07, 6.45) is -0.0856. The van der Waals surface area contributed by atoms with E-state index in [-0.39, 0.29) is 25.1 Å². The van der Waals surface area contributed by atoms with Crippen LogP contribution in [-0.2, 0) is 4.79 Å². The normalized spacial score (nSPS) is 35.5. The molecule has 7 heteroatoms. The lowest BCUT2D eigenvalue weighted by atomic mass is 9.80. The van der Waals surface area contributed by atoms with Gasteiger partial charge in [0.15, 0.2) is 0 Å². The van der Waals surface area contributed by atoms with E-state index in [0.29, 0.717) is 6.42 Å². The second kappa shape index (κ2) is 4.48. The number of carboxylic acid groups (broad SMARTS) is 1. The molecular formula is C8H16BNO5. The fourth-order valence-electron chi connectivity index (χ4n) is 2.06. The summed E-state index contributed by atoms with van der Waals surface area (Å²) in [4.78, 5) is 10.8. The summed E-state index contributed by atoms with van der Waals surface area (Å²) in [5.74, 6) is -1.39. The molecule has 1 rings (SSSR count). The van der Waals surface area contributed by atoms with Gasteiger partial charge in [0.2, 0.25) is 0 Å². The predicted molar refractivity (Wildman–Crippen MR) is 52.9 cm³/mol. The minimum atomic E-state index is -1.42. The molecule has 1 fully saturated rings. The number of carbonyl (C=O) groups is 1. The van der Waals surface area contributed by atoms with Crippen molar-refractivity contribution in [1.29, 1.82) is 0 Å². The number of hydrogen-bond donors (Lipinski definition) is 5. The van der Waals surface area contributed by atoms with Crippen LogP contribution in [0.1, 0.15) is 19.3 Å². The maximum absolute atomic E-state index is 10.8. The summed E-state index contributed by atoms with van der Waals surface area (Å²) in [7, 11) is -1.42. The van der Waals surface area contributed by atoms with Crippen molar-refractivity contribution in [3.8, 4) is 0 Å². The van der Waals surface area contributed by atoms with Crippen LogP contribution < -0.4 is 5.73 Å². The zero-order valence-corrected chi connectivity index (χ0v) is 8.33. The van der Waals surface area contributed by atoms with Crippen LogP contribution in [-0.4, -0.2) is 45.0 Å². The number of aliphatic hydroxyl groups excluding tert-OH is 1. The van der Waals surface area contributed by atoms with Crippen molar-refractivity contribution < 1.29 is 25.1 Å². The van der Waals surface area contributed by atoms with Crippen molar-refractivity contribution in [2.24, 2.45) is 11.7 Å². The van der Waals surface area contributed by atoms with E-state index < -0.39 is 24.7 Å². The lowest BCUT2D eigenvalue weighted by molar-refractivity contribution is -0.143. The third-order valence-corrected chi connectivity index (χ3v) is 2.97. The zero-order chi connectivity index (χ0) is 11.6. The quantitative estimate of drug-likeness (QED) is 0.361. The van der Waals surface area contributed by atoms with Gasteiger partial charge in [0.05, 0.1) is 6.10 Å². The van der Waals surface area contributed by atoms with Crippen LogP contribution >= 0.6 is 0 Å². The van der Waals surface area contributed by atoms with Gasteiger partial charge in [0.25, 0.3) is 0 Å². The summed E-state index contributed by atoms with van der Waals surface area (Å²) in [5.41, 5.74) is 4.23. The summed E-state index contributed by atoms with van der Waals surface area (Å²) in [5, 5.41) is 35.8. The van der Waals surface area contributed by atoms with E-state index in [1.165, 1.54) is 0 Å². The third-order valence-electron chi connectivity index (χ3n) is 2.97. The Hall–Kier alpha value is -0.625. The van der Waals surface area contributed by atoms with Gasteiger partial charge < -0.3 is 26.0 Å². The molecule has 0 aromatic heterocycles. The van der Waals surface area contributed by atoms with Gasteiger partial charge in [-0.1, -0.05) is 0 Å². The maximum Gasteiger partial charge on any atom is 0.451 e. The molecule has 6 nitrogen and oxygen atoms in total. The van der Waals surface area contributed by atoms with Gasteiger partial charge in [0, 0.05) is 6.42 Å². The molecule has 0 spiro atoms. The zero-order valence-electron chi connectivity index (χ0n) is 8.33. The number of aliphatic carboxylic acids is 1. The first kappa shape index (κ1) is 12.4. The summed E-state index contributed by atoms with van der Waals surface area (Å²) >= 11 is 0. The lowest BCUT2D eigenvalue weighted by Gasteiger charge is -2.17. The van der Waals surface area contributed by atoms with Crippen molar-refractivity contribution in [3.63, 3.8) is 0 Å². The standard InChI is InChI=1S/C8H16BNO5/c10-8(7(12)13)3-5(6(11)4-8)1-2-9(14)15/h5-6,11,14-15H,1-4,10H2,(H,12,13)/t5-,6-,8-/m0/s1. The molecule has 3 atom stereocenters. The molecule has 0 saturated heterocycles. The predicted octanol–water partition coefficient (Wildman–Crippen LogP) is -1.60. The molecule has 0 bridgehead atoms. The largest absolute Gasteiger partial charge is 0.480 e. The third kappa shape index (κ3) is 2.91. The fourth-order valence-corrected chi connectivity index (χ4v) is 2.06. The minimum absolute atomic E-state index is 0.0223. The van der Waals surface area contributed by atoms with Crippen LogP contribution in [0.2, 0.25) is 6.32 Å². The van der Waals surface area contributed by atoms with Crippen LogP contribution in [0.3, 0.4) is 0 Å². The SMILES string of the molecule is N[C@@]1(C(=O)O)C[C@H](CCB(O)O)[C@@H](O)C1. The fraction of sp³-hybridized carbons (Fsp3) is 0.875. The van der Waals surface area contributed by atoms with Crippen molar-refractivity contribution >= 4 is 13.1 Å². The van der Waals surface area contributed by atoms with Crippen molar-refractivity contribution in [3.05, 3.63) is 0 Å². The monoisotopic (exact) mass is 217 g/mol. The molecule has 0 aromatic rings. The van der Waals surface area contributed by atoms with Crippen LogP contribution in [0.15, 0.2) is 0 Å². The van der Waals surface area contributed by atoms with Crippen LogP contribution in [0, 0.1) is 5.92 Å². The Bertz CT molecular complexity index is 249. The first-order valence-electron chi connectivity index (χ1n) is 4.91. The van der Waals surface area contributed by atoms with Crippen molar-refractivity contribution in [2.75, 3.05) is 0 Å². The molecule has 0 heterocycles. The van der Waals surface area contributed by atoms with E-state index in [9.17, 15) is 9.90 Å². The highest BCUT2D eigenvalue weighted by molar-refractivity contribution is 6.40. The smallest absolute Gasteiger partial charge is 0.451 e. The highest BCUT2D eigenvalue weighted by Gasteiger charge is 2.47. The second-order valence-electron chi connectivity index (χ2n) is 4.25. The van der Waals surface area contributed by atoms with E-state index >= 15 is 0 Å². The molecule has 0 aromatic carbocycles. The molecule has 86 valence electrons. The number of rotatable bonds is 4. The van der Waals surface area contributed by atoms with Gasteiger partial charge in [-0.15, -0.1) is 0 Å². The van der Waals surface area contributed by atoms with Gasteiger partial charge >= 0.3 is 13.1 Å². The van der Waals surface area contributed by atoms with E-state index in [4.69, 9.17) is 20.9 Å². The molecule has 1 aliphatic rings. The first-order chi connectivity index (χ1) is 6.85. The molecule has 0 unspecified atom stereocenters. The Morgan fingerprint density at radius 2 is 2.07 bits per heavy atom. The molecule has 1 aliphatic carbocycles. The first-order valence-corrected chi connectivity index (χ1v) is 4.91. The van der Waals surface area contributed by atoms with Crippen molar-refractivity contribution in [2.45, 2.75) is 37.2 Å². The van der Waals surface area contributed by atoms with E-state index in [1.54, 1.807) is 0 Å². The average Bonchev–Trinajstić information content (AvgIpc) is 2.39. The van der Waals surface area contributed by atoms with Crippen LogP contribution in [0.25, 0.3) is 0 Å². The van der Waals surface area contributed by atoms with Crippen LogP contribution in [0.5, 0.6) is 0 Å². The second-order valence-corrected chi connectivity index (χ2v) is 4.25. The Morgan fingerprint density at radius 1 is 1.47 bits per heavy atom. The summed E-state index contributed by atoms with van der Waals surface area (Å²) in [6, 6.07) is 0. The maximum atomic E-state index is 10.8.